The number of nitrogens with two attached hydrogens (primary N) is 1. The Morgan fingerprint density at radius 3 is 2.68 bits per heavy atom. The molecule has 1 aromatic heterocycles. The van der Waals surface area contributed by atoms with Crippen molar-refractivity contribution in [1.29, 1.82) is 0 Å². The number of carboxylic acid groups (broad SMARTS) is 1. The fourth-order valence-corrected chi connectivity index (χ4v) is 5.50. The largest absolute Gasteiger partial charge is 0.478 e. The molecule has 0 spiro atoms. The molecule has 3 heterocycles. The molecule has 1 aliphatic carbocycles. The molecule has 2 amide bonds. The van der Waals surface area contributed by atoms with E-state index in [1.165, 1.54) is 17.2 Å². The van der Waals surface area contributed by atoms with Gasteiger partial charge >= 0.3 is 22.4 Å². The standard InChI is InChI=1S/C17H22N6O9S2/c1-8-11(10(23(8)34(28,29)30)6-22-4-5-31-16(22)27)20-13(24)12(9-7-33-15(18)19-9)21-32-17(2-3-17)14(25)26/h7-8,10-11H,2-6H2,1H3,(H2,18,19)(H,20,24)(H,25,26)(H,28,29,30)/b21-12-/t8?,10-,11-/m1/s1. The lowest BCUT2D eigenvalue weighted by molar-refractivity contribution is -0.153. The number of hydrogen-bond acceptors (Lipinski definition) is 11. The maximum Gasteiger partial charge on any atom is 0.409 e. The molecule has 5 N–H and O–H groups in total. The van der Waals surface area contributed by atoms with Crippen molar-refractivity contribution in [3.63, 3.8) is 0 Å². The predicted molar refractivity (Wildman–Crippen MR) is 115 cm³/mol. The first-order valence-electron chi connectivity index (χ1n) is 10.1. The Morgan fingerprint density at radius 1 is 1.47 bits per heavy atom. The third kappa shape index (κ3) is 4.50. The quantitative estimate of drug-likeness (QED) is 0.174. The molecule has 2 aliphatic heterocycles. The van der Waals surface area contributed by atoms with Gasteiger partial charge in [0.1, 0.15) is 12.3 Å². The highest BCUT2D eigenvalue weighted by molar-refractivity contribution is 7.83. The molecule has 1 unspecified atom stereocenters. The van der Waals surface area contributed by atoms with Crippen LogP contribution in [0.2, 0.25) is 0 Å². The average Bonchev–Trinajstić information content (AvgIpc) is 3.26. The van der Waals surface area contributed by atoms with Gasteiger partial charge in [-0.25, -0.2) is 14.6 Å². The molecular formula is C17H22N6O9S2. The summed E-state index contributed by atoms with van der Waals surface area (Å²) in [7, 11) is -4.64. The van der Waals surface area contributed by atoms with E-state index in [0.717, 1.165) is 15.6 Å². The number of aliphatic carboxylic acids is 1. The second-order valence-electron chi connectivity index (χ2n) is 8.08. The minimum atomic E-state index is -4.64. The number of hydrogen-bond donors (Lipinski definition) is 4. The second kappa shape index (κ2) is 8.64. The normalized spacial score (nSPS) is 26.5. The van der Waals surface area contributed by atoms with Gasteiger partial charge < -0.3 is 30.6 Å². The summed E-state index contributed by atoms with van der Waals surface area (Å²) < 4.78 is 39.0. The molecule has 3 fully saturated rings. The molecule has 1 aromatic rings. The third-order valence-corrected chi connectivity index (χ3v) is 7.67. The maximum absolute atomic E-state index is 13.1. The lowest BCUT2D eigenvalue weighted by Gasteiger charge is -2.51. The van der Waals surface area contributed by atoms with Gasteiger partial charge in [-0.05, 0) is 6.92 Å². The van der Waals surface area contributed by atoms with Crippen LogP contribution < -0.4 is 11.1 Å². The summed E-state index contributed by atoms with van der Waals surface area (Å²) in [5.74, 6) is -2.05. The van der Waals surface area contributed by atoms with Gasteiger partial charge in [0, 0.05) is 30.8 Å². The van der Waals surface area contributed by atoms with Crippen LogP contribution >= 0.6 is 11.3 Å². The number of rotatable bonds is 9. The summed E-state index contributed by atoms with van der Waals surface area (Å²) >= 11 is 1.03. The maximum atomic E-state index is 13.1. The minimum Gasteiger partial charge on any atom is -0.478 e. The van der Waals surface area contributed by atoms with Crippen LogP contribution in [-0.4, -0.2) is 99.4 Å². The Bertz CT molecular complexity index is 1150. The number of nitrogens with zero attached hydrogens (tertiary/aromatic N) is 4. The summed E-state index contributed by atoms with van der Waals surface area (Å²) in [6.07, 6.45) is -0.203. The average molecular weight is 519 g/mol. The Balaban J connectivity index is 1.56. The zero-order chi connectivity index (χ0) is 24.8. The van der Waals surface area contributed by atoms with Crippen LogP contribution in [0.1, 0.15) is 25.5 Å². The summed E-state index contributed by atoms with van der Waals surface area (Å²) in [6.45, 7) is 1.69. The molecule has 0 bridgehead atoms. The van der Waals surface area contributed by atoms with Gasteiger partial charge in [0.2, 0.25) is 5.60 Å². The van der Waals surface area contributed by atoms with Gasteiger partial charge in [-0.15, -0.1) is 11.3 Å². The fourth-order valence-electron chi connectivity index (χ4n) is 3.86. The first-order chi connectivity index (χ1) is 15.9. The number of nitrogens with one attached hydrogen (secondary N) is 1. The van der Waals surface area contributed by atoms with Crippen LogP contribution in [0.15, 0.2) is 10.5 Å². The van der Waals surface area contributed by atoms with Gasteiger partial charge in [0.15, 0.2) is 10.8 Å². The monoisotopic (exact) mass is 518 g/mol. The first kappa shape index (κ1) is 24.1. The van der Waals surface area contributed by atoms with Crippen LogP contribution in [-0.2, 0) is 29.5 Å². The molecule has 15 nitrogen and oxygen atoms in total. The number of carbonyl (C=O) groups excluding carboxylic acids is 2. The molecule has 2 saturated heterocycles. The Labute approximate surface area is 197 Å². The molecule has 0 aromatic carbocycles. The van der Waals surface area contributed by atoms with Crippen LogP contribution in [0.4, 0.5) is 9.93 Å². The summed E-state index contributed by atoms with van der Waals surface area (Å²) in [4.78, 5) is 46.8. The molecule has 186 valence electrons. The van der Waals surface area contributed by atoms with Crippen LogP contribution in [0.5, 0.6) is 0 Å². The van der Waals surface area contributed by atoms with Crippen molar-refractivity contribution in [3.05, 3.63) is 11.1 Å². The van der Waals surface area contributed by atoms with Crippen LogP contribution in [0.3, 0.4) is 0 Å². The van der Waals surface area contributed by atoms with Crippen molar-refractivity contribution >= 4 is 50.5 Å². The van der Waals surface area contributed by atoms with Crippen LogP contribution in [0, 0.1) is 0 Å². The van der Waals surface area contributed by atoms with Crippen molar-refractivity contribution in [3.8, 4) is 0 Å². The van der Waals surface area contributed by atoms with Gasteiger partial charge in [0.05, 0.1) is 18.6 Å². The van der Waals surface area contributed by atoms with E-state index in [4.69, 9.17) is 15.3 Å². The molecule has 4 rings (SSSR count). The number of aromatic nitrogens is 1. The summed E-state index contributed by atoms with van der Waals surface area (Å²) in [5, 5.41) is 17.3. The molecule has 34 heavy (non-hydrogen) atoms. The minimum absolute atomic E-state index is 0.0412. The van der Waals surface area contributed by atoms with Crippen molar-refractivity contribution in [2.24, 2.45) is 5.16 Å². The molecular weight excluding hydrogens is 496 g/mol. The van der Waals surface area contributed by atoms with E-state index in [1.807, 2.05) is 0 Å². The Kier molecular flexibility index (Phi) is 6.13. The lowest BCUT2D eigenvalue weighted by Crippen LogP contribution is -2.75. The molecule has 1 saturated carbocycles. The highest BCUT2D eigenvalue weighted by Gasteiger charge is 2.55. The number of ether oxygens (including phenoxy) is 1. The number of anilines is 1. The zero-order valence-electron chi connectivity index (χ0n) is 17.8. The number of amides is 2. The first-order valence-corrected chi connectivity index (χ1v) is 12.4. The number of carbonyl (C=O) groups is 3. The van der Waals surface area contributed by atoms with Crippen molar-refractivity contribution < 1.29 is 42.0 Å². The van der Waals surface area contributed by atoms with E-state index in [2.05, 4.69) is 15.5 Å². The number of oxime groups is 1. The summed E-state index contributed by atoms with van der Waals surface area (Å²) in [5.41, 5.74) is 3.82. The second-order valence-corrected chi connectivity index (χ2v) is 10.3. The number of nitrogen functional groups attached to an aromatic ring is 1. The number of carboxylic acids is 1. The van der Waals surface area contributed by atoms with Gasteiger partial charge in [0.25, 0.3) is 5.91 Å². The van der Waals surface area contributed by atoms with E-state index in [9.17, 15) is 32.5 Å². The highest BCUT2D eigenvalue weighted by atomic mass is 32.2. The van der Waals surface area contributed by atoms with E-state index >= 15 is 0 Å². The van der Waals surface area contributed by atoms with Crippen LogP contribution in [0.25, 0.3) is 0 Å². The topological polar surface area (TPSA) is 214 Å². The predicted octanol–water partition coefficient (Wildman–Crippen LogP) is -1.12. The van der Waals surface area contributed by atoms with E-state index in [-0.39, 0.29) is 49.1 Å². The molecule has 3 atom stereocenters. The zero-order valence-corrected chi connectivity index (χ0v) is 19.4. The van der Waals surface area contributed by atoms with E-state index in [0.29, 0.717) is 0 Å². The number of thiazole rings is 1. The van der Waals surface area contributed by atoms with E-state index in [1.54, 1.807) is 0 Å². The highest BCUT2D eigenvalue weighted by Crippen LogP contribution is 2.40. The van der Waals surface area contributed by atoms with Crippen molar-refractivity contribution in [1.82, 2.24) is 19.5 Å². The van der Waals surface area contributed by atoms with Crippen molar-refractivity contribution in [2.75, 3.05) is 25.4 Å². The smallest absolute Gasteiger partial charge is 0.409 e. The fraction of sp³-hybridized carbons (Fsp3) is 0.588. The van der Waals surface area contributed by atoms with Gasteiger partial charge in [-0.3, -0.25) is 9.35 Å². The Morgan fingerprint density at radius 2 is 2.18 bits per heavy atom. The molecule has 0 radical (unpaired) electrons. The third-order valence-electron chi connectivity index (χ3n) is 5.86. The SMILES string of the molecule is CC1[C@@H](NC(=O)/C(=N\OC2(C(=O)O)CC2)c2csc(N)n2)[C@@H](CN2CCOC2=O)N1S(=O)(=O)O. The number of cyclic esters (lactones) is 1. The lowest BCUT2D eigenvalue weighted by atomic mass is 9.90. The van der Waals surface area contributed by atoms with Gasteiger partial charge in [-0.1, -0.05) is 5.16 Å². The summed E-state index contributed by atoms with van der Waals surface area (Å²) in [6, 6.07) is -2.69. The van der Waals surface area contributed by atoms with Gasteiger partial charge in [-0.2, -0.15) is 12.7 Å². The molecule has 17 heteroatoms. The Hall–Kier alpha value is -3.02. The molecule has 3 aliphatic rings. The van der Waals surface area contributed by atoms with E-state index < -0.39 is 52.0 Å². The van der Waals surface area contributed by atoms with Crippen molar-refractivity contribution in [2.45, 2.75) is 43.5 Å².